The fourth-order valence-corrected chi connectivity index (χ4v) is 2.17. The van der Waals surface area contributed by atoms with Gasteiger partial charge in [0, 0.05) is 25.8 Å². The third-order valence-electron chi connectivity index (χ3n) is 3.04. The van der Waals surface area contributed by atoms with E-state index in [9.17, 15) is 9.50 Å². The Morgan fingerprint density at radius 2 is 2.38 bits per heavy atom. The van der Waals surface area contributed by atoms with Crippen LogP contribution in [0.4, 0.5) is 10.1 Å². The van der Waals surface area contributed by atoms with E-state index in [1.54, 1.807) is 19.2 Å². The summed E-state index contributed by atoms with van der Waals surface area (Å²) >= 11 is 0. The van der Waals surface area contributed by atoms with Crippen molar-refractivity contribution in [3.63, 3.8) is 0 Å². The van der Waals surface area contributed by atoms with Crippen molar-refractivity contribution in [2.24, 2.45) is 0 Å². The lowest BCUT2D eigenvalue weighted by Crippen LogP contribution is -2.24. The second kappa shape index (κ2) is 4.80. The molecule has 3 nitrogen and oxygen atoms in total. The van der Waals surface area contributed by atoms with E-state index in [4.69, 9.17) is 4.74 Å². The molecule has 1 unspecified atom stereocenters. The third-order valence-corrected chi connectivity index (χ3v) is 3.04. The van der Waals surface area contributed by atoms with E-state index in [-0.39, 0.29) is 18.5 Å². The Labute approximate surface area is 94.4 Å². The van der Waals surface area contributed by atoms with Gasteiger partial charge >= 0.3 is 0 Å². The van der Waals surface area contributed by atoms with Gasteiger partial charge in [0.2, 0.25) is 0 Å². The van der Waals surface area contributed by atoms with Crippen LogP contribution in [0, 0.1) is 5.82 Å². The van der Waals surface area contributed by atoms with Gasteiger partial charge in [-0.05, 0) is 12.5 Å². The number of hydrogen-bond donors (Lipinski definition) is 1. The van der Waals surface area contributed by atoms with E-state index in [0.29, 0.717) is 17.8 Å². The zero-order valence-corrected chi connectivity index (χ0v) is 9.32. The van der Waals surface area contributed by atoms with Crippen molar-refractivity contribution in [3.05, 3.63) is 29.6 Å². The number of para-hydroxylation sites is 1. The smallest absolute Gasteiger partial charge is 0.146 e. The Balaban J connectivity index is 2.26. The Hall–Kier alpha value is -1.13. The van der Waals surface area contributed by atoms with Gasteiger partial charge in [-0.1, -0.05) is 12.1 Å². The standard InChI is InChI=1S/C12H16FNO2/c1-16-10-5-6-14(7-10)12-9(8-15)3-2-4-11(12)13/h2-4,10,15H,5-8H2,1H3. The average Bonchev–Trinajstić information content (AvgIpc) is 2.76. The summed E-state index contributed by atoms with van der Waals surface area (Å²) in [5.74, 6) is -0.275. The first-order valence-corrected chi connectivity index (χ1v) is 5.42. The van der Waals surface area contributed by atoms with E-state index in [1.807, 2.05) is 4.90 Å². The van der Waals surface area contributed by atoms with Gasteiger partial charge < -0.3 is 14.7 Å². The van der Waals surface area contributed by atoms with Crippen molar-refractivity contribution in [1.82, 2.24) is 0 Å². The molecule has 2 rings (SSSR count). The SMILES string of the molecule is COC1CCN(c2c(F)cccc2CO)C1. The maximum Gasteiger partial charge on any atom is 0.146 e. The summed E-state index contributed by atoms with van der Waals surface area (Å²) in [4.78, 5) is 1.94. The van der Waals surface area contributed by atoms with E-state index in [0.717, 1.165) is 13.0 Å². The van der Waals surface area contributed by atoms with Crippen LogP contribution in [0.1, 0.15) is 12.0 Å². The molecule has 4 heteroatoms. The van der Waals surface area contributed by atoms with Crippen molar-refractivity contribution in [1.29, 1.82) is 0 Å². The summed E-state index contributed by atoms with van der Waals surface area (Å²) in [7, 11) is 1.67. The van der Waals surface area contributed by atoms with Crippen molar-refractivity contribution in [3.8, 4) is 0 Å². The molecule has 0 bridgehead atoms. The molecular formula is C12H16FNO2. The van der Waals surface area contributed by atoms with Gasteiger partial charge in [0.1, 0.15) is 5.82 Å². The van der Waals surface area contributed by atoms with Crippen molar-refractivity contribution < 1.29 is 14.2 Å². The van der Waals surface area contributed by atoms with E-state index < -0.39 is 0 Å². The van der Waals surface area contributed by atoms with Crippen molar-refractivity contribution in [2.75, 3.05) is 25.1 Å². The maximum atomic E-state index is 13.7. The maximum absolute atomic E-state index is 13.7. The lowest BCUT2D eigenvalue weighted by atomic mass is 10.1. The number of aliphatic hydroxyl groups excluding tert-OH is 1. The van der Waals surface area contributed by atoms with Gasteiger partial charge in [-0.2, -0.15) is 0 Å². The number of halogens is 1. The monoisotopic (exact) mass is 225 g/mol. The molecule has 1 N–H and O–H groups in total. The third kappa shape index (κ3) is 2.03. The van der Waals surface area contributed by atoms with Crippen LogP contribution in [-0.4, -0.2) is 31.4 Å². The molecule has 1 aliphatic rings. The number of rotatable bonds is 3. The molecule has 1 saturated heterocycles. The Bertz CT molecular complexity index is 370. The summed E-state index contributed by atoms with van der Waals surface area (Å²) in [6.07, 6.45) is 1.06. The lowest BCUT2D eigenvalue weighted by molar-refractivity contribution is 0.121. The fourth-order valence-electron chi connectivity index (χ4n) is 2.17. The molecule has 0 saturated carbocycles. The number of nitrogens with zero attached hydrogens (tertiary/aromatic N) is 1. The van der Waals surface area contributed by atoms with Crippen LogP contribution in [0.3, 0.4) is 0 Å². The highest BCUT2D eigenvalue weighted by atomic mass is 19.1. The molecule has 1 fully saturated rings. The minimum absolute atomic E-state index is 0.138. The van der Waals surface area contributed by atoms with Gasteiger partial charge in [0.25, 0.3) is 0 Å². The van der Waals surface area contributed by atoms with Crippen molar-refractivity contribution >= 4 is 5.69 Å². The van der Waals surface area contributed by atoms with E-state index in [1.165, 1.54) is 6.07 Å². The Kier molecular flexibility index (Phi) is 3.41. The molecule has 0 spiro atoms. The molecule has 0 aromatic heterocycles. The molecule has 1 heterocycles. The van der Waals surface area contributed by atoms with E-state index >= 15 is 0 Å². The molecule has 1 aliphatic heterocycles. The second-order valence-electron chi connectivity index (χ2n) is 4.00. The largest absolute Gasteiger partial charge is 0.392 e. The highest BCUT2D eigenvalue weighted by molar-refractivity contribution is 5.55. The number of aliphatic hydroxyl groups is 1. The molecule has 16 heavy (non-hydrogen) atoms. The lowest BCUT2D eigenvalue weighted by Gasteiger charge is -2.21. The molecule has 0 aliphatic carbocycles. The highest BCUT2D eigenvalue weighted by Crippen LogP contribution is 2.28. The minimum Gasteiger partial charge on any atom is -0.392 e. The normalized spacial score (nSPS) is 20.4. The number of anilines is 1. The summed E-state index contributed by atoms with van der Waals surface area (Å²) < 4.78 is 19.0. The van der Waals surface area contributed by atoms with Crippen molar-refractivity contribution in [2.45, 2.75) is 19.1 Å². The van der Waals surface area contributed by atoms with Gasteiger partial charge in [-0.25, -0.2) is 4.39 Å². The Morgan fingerprint density at radius 1 is 1.56 bits per heavy atom. The topological polar surface area (TPSA) is 32.7 Å². The van der Waals surface area contributed by atoms with Crippen LogP contribution in [0.2, 0.25) is 0 Å². The molecule has 1 atom stereocenters. The van der Waals surface area contributed by atoms with Gasteiger partial charge in [0.05, 0.1) is 18.4 Å². The van der Waals surface area contributed by atoms with Crippen LogP contribution >= 0.6 is 0 Å². The number of benzene rings is 1. The van der Waals surface area contributed by atoms with Gasteiger partial charge in [0.15, 0.2) is 0 Å². The molecule has 1 aromatic rings. The molecule has 0 amide bonds. The Morgan fingerprint density at radius 3 is 3.00 bits per heavy atom. The van der Waals surface area contributed by atoms with E-state index in [2.05, 4.69) is 0 Å². The van der Waals surface area contributed by atoms with Crippen LogP contribution < -0.4 is 4.90 Å². The number of hydrogen-bond acceptors (Lipinski definition) is 3. The molecular weight excluding hydrogens is 209 g/mol. The summed E-state index contributed by atoms with van der Waals surface area (Å²) in [5, 5.41) is 9.20. The van der Waals surface area contributed by atoms with Crippen LogP contribution in [0.5, 0.6) is 0 Å². The predicted octanol–water partition coefficient (Wildman–Crippen LogP) is 1.54. The first-order valence-electron chi connectivity index (χ1n) is 5.42. The zero-order valence-electron chi connectivity index (χ0n) is 9.32. The first kappa shape index (κ1) is 11.4. The molecule has 1 aromatic carbocycles. The van der Waals surface area contributed by atoms with Crippen LogP contribution in [0.15, 0.2) is 18.2 Å². The number of methoxy groups -OCH3 is 1. The average molecular weight is 225 g/mol. The summed E-state index contributed by atoms with van der Waals surface area (Å²) in [6, 6.07) is 4.79. The fraction of sp³-hybridized carbons (Fsp3) is 0.500. The quantitative estimate of drug-likeness (QED) is 0.847. The van der Waals surface area contributed by atoms with Crippen LogP contribution in [0.25, 0.3) is 0 Å². The predicted molar refractivity (Wildman–Crippen MR) is 59.9 cm³/mol. The first-order chi connectivity index (χ1) is 7.76. The highest BCUT2D eigenvalue weighted by Gasteiger charge is 2.25. The second-order valence-corrected chi connectivity index (χ2v) is 4.00. The van der Waals surface area contributed by atoms with Crippen LogP contribution in [-0.2, 0) is 11.3 Å². The minimum atomic E-state index is -0.275. The molecule has 0 radical (unpaired) electrons. The summed E-state index contributed by atoms with van der Waals surface area (Å²) in [5.41, 5.74) is 1.15. The van der Waals surface area contributed by atoms with Gasteiger partial charge in [-0.3, -0.25) is 0 Å². The number of ether oxygens (including phenoxy) is 1. The van der Waals surface area contributed by atoms with Gasteiger partial charge in [-0.15, -0.1) is 0 Å². The molecule has 88 valence electrons. The summed E-state index contributed by atoms with van der Waals surface area (Å²) in [6.45, 7) is 1.32. The zero-order chi connectivity index (χ0) is 11.5.